The van der Waals surface area contributed by atoms with Crippen molar-refractivity contribution in [1.82, 2.24) is 9.97 Å². The molecular weight excluding hydrogens is 220 g/mol. The number of aromatic nitrogens is 2. The second kappa shape index (κ2) is 4.20. The Hall–Kier alpha value is -1.70. The van der Waals surface area contributed by atoms with Gasteiger partial charge in [0.25, 0.3) is 0 Å². The van der Waals surface area contributed by atoms with Crippen LogP contribution >= 0.6 is 0 Å². The van der Waals surface area contributed by atoms with E-state index in [0.29, 0.717) is 5.92 Å². The Morgan fingerprint density at radius 2 is 2.00 bits per heavy atom. The van der Waals surface area contributed by atoms with Crippen molar-refractivity contribution >= 4 is 0 Å². The van der Waals surface area contributed by atoms with Crippen LogP contribution in [-0.2, 0) is 6.42 Å². The highest BCUT2D eigenvalue weighted by Crippen LogP contribution is 2.37. The van der Waals surface area contributed by atoms with Crippen LogP contribution in [-0.4, -0.2) is 9.97 Å². The molecule has 0 N–H and O–H groups in total. The molecule has 0 fully saturated rings. The molecule has 1 aromatic carbocycles. The SMILES string of the molecule is Cc1ccc(C2CCc3cnc(C)nc32)c(C)c1. The molecule has 1 unspecified atom stereocenters. The first-order valence-corrected chi connectivity index (χ1v) is 6.54. The Morgan fingerprint density at radius 1 is 1.17 bits per heavy atom. The standard InChI is InChI=1S/C16H18N2/c1-10-4-6-14(11(2)8-10)15-7-5-13-9-17-12(3)18-16(13)15/h4,6,8-9,15H,5,7H2,1-3H3. The van der Waals surface area contributed by atoms with Crippen molar-refractivity contribution < 1.29 is 0 Å². The zero-order valence-corrected chi connectivity index (χ0v) is 11.2. The summed E-state index contributed by atoms with van der Waals surface area (Å²) < 4.78 is 0. The lowest BCUT2D eigenvalue weighted by Crippen LogP contribution is -2.03. The average Bonchev–Trinajstić information content (AvgIpc) is 2.72. The summed E-state index contributed by atoms with van der Waals surface area (Å²) in [6.45, 7) is 6.32. The monoisotopic (exact) mass is 238 g/mol. The van der Waals surface area contributed by atoms with E-state index in [9.17, 15) is 0 Å². The van der Waals surface area contributed by atoms with Gasteiger partial charge in [0.1, 0.15) is 5.82 Å². The zero-order chi connectivity index (χ0) is 12.7. The van der Waals surface area contributed by atoms with Gasteiger partial charge in [-0.25, -0.2) is 9.97 Å². The van der Waals surface area contributed by atoms with E-state index in [4.69, 9.17) is 0 Å². The number of benzene rings is 1. The van der Waals surface area contributed by atoms with Crippen LogP contribution in [0, 0.1) is 20.8 Å². The summed E-state index contributed by atoms with van der Waals surface area (Å²) in [6.07, 6.45) is 4.27. The Labute approximate surface area is 108 Å². The van der Waals surface area contributed by atoms with Crippen molar-refractivity contribution in [2.24, 2.45) is 0 Å². The molecule has 3 rings (SSSR count). The number of nitrogens with zero attached hydrogens (tertiary/aromatic N) is 2. The highest BCUT2D eigenvalue weighted by atomic mass is 14.9. The highest BCUT2D eigenvalue weighted by Gasteiger charge is 2.26. The van der Waals surface area contributed by atoms with Crippen molar-refractivity contribution in [2.45, 2.75) is 39.5 Å². The predicted octanol–water partition coefficient (Wildman–Crippen LogP) is 3.48. The molecule has 1 aromatic heterocycles. The lowest BCUT2D eigenvalue weighted by atomic mass is 9.91. The third kappa shape index (κ3) is 1.82. The molecule has 2 aromatic rings. The summed E-state index contributed by atoms with van der Waals surface area (Å²) in [4.78, 5) is 8.97. The van der Waals surface area contributed by atoms with Gasteiger partial charge in [0.05, 0.1) is 5.69 Å². The van der Waals surface area contributed by atoms with E-state index in [1.54, 1.807) is 0 Å². The number of hydrogen-bond donors (Lipinski definition) is 0. The van der Waals surface area contributed by atoms with E-state index in [-0.39, 0.29) is 0 Å². The van der Waals surface area contributed by atoms with E-state index >= 15 is 0 Å². The molecule has 0 spiro atoms. The minimum atomic E-state index is 0.460. The third-order valence-corrected chi connectivity index (χ3v) is 3.85. The van der Waals surface area contributed by atoms with Gasteiger partial charge in [-0.2, -0.15) is 0 Å². The third-order valence-electron chi connectivity index (χ3n) is 3.85. The Kier molecular flexibility index (Phi) is 2.66. The fourth-order valence-electron chi connectivity index (χ4n) is 2.96. The first-order valence-electron chi connectivity index (χ1n) is 6.54. The Morgan fingerprint density at radius 3 is 2.78 bits per heavy atom. The molecule has 0 amide bonds. The topological polar surface area (TPSA) is 25.8 Å². The molecule has 92 valence electrons. The van der Waals surface area contributed by atoms with Crippen LogP contribution in [0.1, 0.15) is 46.1 Å². The molecule has 0 saturated carbocycles. The lowest BCUT2D eigenvalue weighted by molar-refractivity contribution is 0.762. The maximum atomic E-state index is 4.66. The van der Waals surface area contributed by atoms with E-state index in [2.05, 4.69) is 42.0 Å². The maximum Gasteiger partial charge on any atom is 0.125 e. The normalized spacial score (nSPS) is 17.8. The number of rotatable bonds is 1. The van der Waals surface area contributed by atoms with Crippen LogP contribution < -0.4 is 0 Å². The van der Waals surface area contributed by atoms with Gasteiger partial charge in [0.2, 0.25) is 0 Å². The first-order chi connectivity index (χ1) is 8.65. The van der Waals surface area contributed by atoms with Crippen LogP contribution in [0.4, 0.5) is 0 Å². The minimum absolute atomic E-state index is 0.460. The van der Waals surface area contributed by atoms with E-state index in [0.717, 1.165) is 18.7 Å². The van der Waals surface area contributed by atoms with Gasteiger partial charge in [-0.15, -0.1) is 0 Å². The molecule has 2 heteroatoms. The second-order valence-corrected chi connectivity index (χ2v) is 5.28. The van der Waals surface area contributed by atoms with E-state index < -0.39 is 0 Å². The quantitative estimate of drug-likeness (QED) is 0.760. The Balaban J connectivity index is 2.08. The van der Waals surface area contributed by atoms with E-state index in [1.807, 2.05) is 13.1 Å². The second-order valence-electron chi connectivity index (χ2n) is 5.28. The number of aryl methyl sites for hydroxylation is 4. The molecule has 2 nitrogen and oxygen atoms in total. The van der Waals surface area contributed by atoms with Gasteiger partial charge < -0.3 is 0 Å². The van der Waals surface area contributed by atoms with Crippen molar-refractivity contribution in [3.8, 4) is 0 Å². The van der Waals surface area contributed by atoms with Crippen molar-refractivity contribution in [3.63, 3.8) is 0 Å². The van der Waals surface area contributed by atoms with Gasteiger partial charge in [-0.3, -0.25) is 0 Å². The van der Waals surface area contributed by atoms with Crippen LogP contribution in [0.2, 0.25) is 0 Å². The van der Waals surface area contributed by atoms with Crippen LogP contribution in [0.25, 0.3) is 0 Å². The molecule has 0 radical (unpaired) electrons. The summed E-state index contributed by atoms with van der Waals surface area (Å²) in [7, 11) is 0. The molecule has 18 heavy (non-hydrogen) atoms. The minimum Gasteiger partial charge on any atom is -0.241 e. The summed E-state index contributed by atoms with van der Waals surface area (Å²) in [5, 5.41) is 0. The summed E-state index contributed by atoms with van der Waals surface area (Å²) in [6, 6.07) is 6.73. The molecule has 1 atom stereocenters. The van der Waals surface area contributed by atoms with Gasteiger partial charge in [-0.05, 0) is 50.3 Å². The van der Waals surface area contributed by atoms with Gasteiger partial charge >= 0.3 is 0 Å². The molecular formula is C16H18N2. The van der Waals surface area contributed by atoms with Crippen LogP contribution in [0.3, 0.4) is 0 Å². The molecule has 1 aliphatic carbocycles. The smallest absolute Gasteiger partial charge is 0.125 e. The van der Waals surface area contributed by atoms with Gasteiger partial charge in [0, 0.05) is 12.1 Å². The summed E-state index contributed by atoms with van der Waals surface area (Å²) in [5.41, 5.74) is 6.70. The number of hydrogen-bond acceptors (Lipinski definition) is 2. The zero-order valence-electron chi connectivity index (χ0n) is 11.2. The van der Waals surface area contributed by atoms with Crippen LogP contribution in [0.5, 0.6) is 0 Å². The van der Waals surface area contributed by atoms with E-state index in [1.165, 1.54) is 27.9 Å². The first kappa shape index (κ1) is 11.4. The molecule has 1 aliphatic rings. The van der Waals surface area contributed by atoms with Gasteiger partial charge in [-0.1, -0.05) is 23.8 Å². The van der Waals surface area contributed by atoms with Crippen molar-refractivity contribution in [1.29, 1.82) is 0 Å². The highest BCUT2D eigenvalue weighted by molar-refractivity contribution is 5.42. The molecule has 0 aliphatic heterocycles. The molecule has 0 saturated heterocycles. The van der Waals surface area contributed by atoms with Crippen LogP contribution in [0.15, 0.2) is 24.4 Å². The van der Waals surface area contributed by atoms with Crippen molar-refractivity contribution in [2.75, 3.05) is 0 Å². The fourth-order valence-corrected chi connectivity index (χ4v) is 2.96. The average molecular weight is 238 g/mol. The number of fused-ring (bicyclic) bond motifs is 1. The molecule has 0 bridgehead atoms. The van der Waals surface area contributed by atoms with Gasteiger partial charge in [0.15, 0.2) is 0 Å². The summed E-state index contributed by atoms with van der Waals surface area (Å²) in [5.74, 6) is 1.34. The van der Waals surface area contributed by atoms with Crippen molar-refractivity contribution in [3.05, 3.63) is 58.2 Å². The lowest BCUT2D eigenvalue weighted by Gasteiger charge is -2.15. The predicted molar refractivity (Wildman–Crippen MR) is 72.8 cm³/mol. The fraction of sp³-hybridized carbons (Fsp3) is 0.375. The molecule has 1 heterocycles. The maximum absolute atomic E-state index is 4.66. The Bertz CT molecular complexity index is 602. The largest absolute Gasteiger partial charge is 0.241 e. The summed E-state index contributed by atoms with van der Waals surface area (Å²) >= 11 is 0.